The molecule has 0 radical (unpaired) electrons. The van der Waals surface area contributed by atoms with Crippen LogP contribution >= 0.6 is 0 Å². The number of nitrogens with one attached hydrogen (secondary N) is 4. The van der Waals surface area contributed by atoms with Crippen LogP contribution < -0.4 is 27.0 Å². The fourth-order valence-corrected chi connectivity index (χ4v) is 4.80. The zero-order valence-electron chi connectivity index (χ0n) is 24.5. The monoisotopic (exact) mass is 537 g/mol. The number of carbonyl (C=O) groups excluding carboxylic acids is 4. The van der Waals surface area contributed by atoms with Crippen molar-refractivity contribution in [1.29, 1.82) is 0 Å². The van der Waals surface area contributed by atoms with E-state index in [1.807, 2.05) is 20.8 Å². The van der Waals surface area contributed by atoms with Gasteiger partial charge in [-0.25, -0.2) is 0 Å². The maximum atomic E-state index is 13.4. The van der Waals surface area contributed by atoms with Crippen molar-refractivity contribution in [2.75, 3.05) is 13.1 Å². The average molecular weight is 538 g/mol. The van der Waals surface area contributed by atoms with Crippen molar-refractivity contribution in [3.05, 3.63) is 0 Å². The second-order valence-electron chi connectivity index (χ2n) is 12.0. The highest BCUT2D eigenvalue weighted by Crippen LogP contribution is 2.22. The van der Waals surface area contributed by atoms with Gasteiger partial charge >= 0.3 is 0 Å². The van der Waals surface area contributed by atoms with Crippen LogP contribution in [0.4, 0.5) is 0 Å². The van der Waals surface area contributed by atoms with E-state index in [1.165, 1.54) is 38.5 Å². The van der Waals surface area contributed by atoms with Crippen LogP contribution in [0.15, 0.2) is 0 Å². The van der Waals surface area contributed by atoms with E-state index in [0.29, 0.717) is 32.2 Å². The lowest BCUT2D eigenvalue weighted by atomic mass is 9.87. The Morgan fingerprint density at radius 1 is 0.711 bits per heavy atom. The smallest absolute Gasteiger partial charge is 0.243 e. The van der Waals surface area contributed by atoms with E-state index in [4.69, 9.17) is 5.73 Å². The zero-order chi connectivity index (χ0) is 28.4. The number of carbonyl (C=O) groups is 4. The average Bonchev–Trinajstić information content (AvgIpc) is 2.84. The van der Waals surface area contributed by atoms with Gasteiger partial charge in [0.25, 0.3) is 0 Å². The summed E-state index contributed by atoms with van der Waals surface area (Å²) in [5.74, 6) is -1.38. The molecule has 1 fully saturated rings. The van der Waals surface area contributed by atoms with E-state index in [2.05, 4.69) is 28.2 Å². The second-order valence-corrected chi connectivity index (χ2v) is 12.0. The van der Waals surface area contributed by atoms with Gasteiger partial charge in [-0.2, -0.15) is 0 Å². The Labute approximate surface area is 230 Å². The van der Waals surface area contributed by atoms with Crippen LogP contribution in [0.1, 0.15) is 124 Å². The molecule has 4 amide bonds. The molecule has 9 heteroatoms. The van der Waals surface area contributed by atoms with Gasteiger partial charge in [0.1, 0.15) is 12.1 Å². The first-order chi connectivity index (χ1) is 18.1. The Morgan fingerprint density at radius 2 is 1.29 bits per heavy atom. The molecule has 0 aliphatic carbocycles. The van der Waals surface area contributed by atoms with E-state index < -0.39 is 18.0 Å². The van der Waals surface area contributed by atoms with Crippen molar-refractivity contribution in [2.45, 2.75) is 142 Å². The van der Waals surface area contributed by atoms with Crippen LogP contribution in [0.3, 0.4) is 0 Å². The highest BCUT2D eigenvalue weighted by atomic mass is 16.2. The topological polar surface area (TPSA) is 142 Å². The van der Waals surface area contributed by atoms with Gasteiger partial charge < -0.3 is 27.0 Å². The molecule has 0 aromatic heterocycles. The van der Waals surface area contributed by atoms with Gasteiger partial charge in [0.15, 0.2) is 0 Å². The number of nitrogens with two attached hydrogens (primary N) is 1. The zero-order valence-corrected chi connectivity index (χ0v) is 24.5. The highest BCUT2D eigenvalue weighted by molar-refractivity contribution is 5.93. The van der Waals surface area contributed by atoms with Gasteiger partial charge in [0.05, 0.1) is 6.54 Å². The number of hydrogen-bond acceptors (Lipinski definition) is 5. The summed E-state index contributed by atoms with van der Waals surface area (Å²) in [5.41, 5.74) is 5.38. The van der Waals surface area contributed by atoms with E-state index in [1.54, 1.807) is 0 Å². The number of rotatable bonds is 15. The fourth-order valence-electron chi connectivity index (χ4n) is 4.80. The third-order valence-corrected chi connectivity index (χ3v) is 6.93. The lowest BCUT2D eigenvalue weighted by Crippen LogP contribution is -2.55. The van der Waals surface area contributed by atoms with Crippen molar-refractivity contribution < 1.29 is 19.2 Å². The Bertz CT molecular complexity index is 722. The maximum Gasteiger partial charge on any atom is 0.243 e. The Balaban J connectivity index is 2.87. The summed E-state index contributed by atoms with van der Waals surface area (Å²) in [5, 5.41) is 11.3. The molecule has 1 aliphatic rings. The van der Waals surface area contributed by atoms with Crippen LogP contribution in [0.5, 0.6) is 0 Å². The maximum absolute atomic E-state index is 13.4. The van der Waals surface area contributed by atoms with Crippen molar-refractivity contribution in [3.8, 4) is 0 Å². The molecule has 9 nitrogen and oxygen atoms in total. The standard InChI is InChI=1S/C29H55N5O4/c1-5-6-7-8-9-10-11-12-13-16-22-19-25(35)31-21-26(36)33-23(17-14-15-18-30)27(37)34-24(28(38)32-22)20-29(2,3)4/h22-24H,5-21,30H2,1-4H3,(H,31,35)(H,32,38)(H,33,36)(H,34,37)/t22?,23-,24?/m0/s1. The molecule has 3 atom stereocenters. The van der Waals surface area contributed by atoms with E-state index in [9.17, 15) is 19.2 Å². The van der Waals surface area contributed by atoms with Gasteiger partial charge in [-0.05, 0) is 44.1 Å². The first-order valence-electron chi connectivity index (χ1n) is 14.9. The highest BCUT2D eigenvalue weighted by Gasteiger charge is 2.31. The minimum Gasteiger partial charge on any atom is -0.351 e. The molecule has 6 N–H and O–H groups in total. The van der Waals surface area contributed by atoms with Gasteiger partial charge in [-0.3, -0.25) is 19.2 Å². The molecule has 1 saturated heterocycles. The molecular formula is C29H55N5O4. The van der Waals surface area contributed by atoms with Crippen molar-refractivity contribution in [1.82, 2.24) is 21.3 Å². The molecule has 1 aliphatic heterocycles. The normalized spacial score (nSPS) is 21.9. The molecule has 2 unspecified atom stereocenters. The van der Waals surface area contributed by atoms with Crippen molar-refractivity contribution in [3.63, 3.8) is 0 Å². The van der Waals surface area contributed by atoms with Crippen LogP contribution in [-0.2, 0) is 19.2 Å². The van der Waals surface area contributed by atoms with Gasteiger partial charge in [-0.15, -0.1) is 0 Å². The summed E-state index contributed by atoms with van der Waals surface area (Å²) in [7, 11) is 0. The van der Waals surface area contributed by atoms with Gasteiger partial charge in [0.2, 0.25) is 23.6 Å². The lowest BCUT2D eigenvalue weighted by molar-refractivity contribution is -0.132. The summed E-state index contributed by atoms with van der Waals surface area (Å²) < 4.78 is 0. The first-order valence-corrected chi connectivity index (χ1v) is 14.9. The molecule has 1 rings (SSSR count). The van der Waals surface area contributed by atoms with E-state index in [0.717, 1.165) is 25.7 Å². The fraction of sp³-hybridized carbons (Fsp3) is 0.862. The van der Waals surface area contributed by atoms with Gasteiger partial charge in [0, 0.05) is 12.5 Å². The minimum atomic E-state index is -0.792. The summed E-state index contributed by atoms with van der Waals surface area (Å²) >= 11 is 0. The molecule has 0 bridgehead atoms. The molecule has 0 saturated carbocycles. The van der Waals surface area contributed by atoms with Crippen LogP contribution in [0.2, 0.25) is 0 Å². The Morgan fingerprint density at radius 3 is 1.89 bits per heavy atom. The molecule has 1 heterocycles. The van der Waals surface area contributed by atoms with Crippen molar-refractivity contribution >= 4 is 23.6 Å². The predicted molar refractivity (Wildman–Crippen MR) is 152 cm³/mol. The molecule has 38 heavy (non-hydrogen) atoms. The summed E-state index contributed by atoms with van der Waals surface area (Å²) in [4.78, 5) is 51.7. The summed E-state index contributed by atoms with van der Waals surface area (Å²) in [6.07, 6.45) is 13.7. The van der Waals surface area contributed by atoms with Crippen molar-refractivity contribution in [2.24, 2.45) is 11.1 Å². The third-order valence-electron chi connectivity index (χ3n) is 6.93. The molecule has 220 valence electrons. The lowest BCUT2D eigenvalue weighted by Gasteiger charge is -2.29. The quantitative estimate of drug-likeness (QED) is 0.203. The number of amides is 4. The predicted octanol–water partition coefficient (Wildman–Crippen LogP) is 3.45. The molecule has 0 aromatic carbocycles. The third kappa shape index (κ3) is 15.9. The second kappa shape index (κ2) is 19.0. The molecule has 0 spiro atoms. The van der Waals surface area contributed by atoms with E-state index in [-0.39, 0.29) is 42.1 Å². The minimum absolute atomic E-state index is 0.103. The van der Waals surface area contributed by atoms with Crippen LogP contribution in [0, 0.1) is 5.41 Å². The summed E-state index contributed by atoms with van der Waals surface area (Å²) in [6, 6.07) is -1.90. The SMILES string of the molecule is CCCCCCCCCCCC1CC(=O)NCC(=O)N[C@@H](CCCCN)C(=O)NC(CC(C)(C)C)C(=O)N1. The first kappa shape index (κ1) is 33.9. The number of unbranched alkanes of at least 4 members (excludes halogenated alkanes) is 9. The van der Waals surface area contributed by atoms with Crippen LogP contribution in [0.25, 0.3) is 0 Å². The Hall–Kier alpha value is -2.16. The van der Waals surface area contributed by atoms with Gasteiger partial charge in [-0.1, -0.05) is 85.5 Å². The largest absolute Gasteiger partial charge is 0.351 e. The number of hydrogen-bond donors (Lipinski definition) is 5. The molecule has 0 aromatic rings. The summed E-state index contributed by atoms with van der Waals surface area (Å²) in [6.45, 7) is 8.56. The van der Waals surface area contributed by atoms with E-state index >= 15 is 0 Å². The Kier molecular flexibility index (Phi) is 16.9. The molecular weight excluding hydrogens is 482 g/mol. The van der Waals surface area contributed by atoms with Crippen LogP contribution in [-0.4, -0.2) is 54.8 Å².